The molecule has 2 aromatic heterocycles. The van der Waals surface area contributed by atoms with Gasteiger partial charge in [0, 0.05) is 18.2 Å². The first-order chi connectivity index (χ1) is 12.8. The zero-order valence-corrected chi connectivity index (χ0v) is 15.9. The third kappa shape index (κ3) is 4.24. The van der Waals surface area contributed by atoms with Gasteiger partial charge in [-0.2, -0.15) is 4.98 Å². The van der Waals surface area contributed by atoms with Gasteiger partial charge in [-0.3, -0.25) is 4.79 Å². The third-order valence-electron chi connectivity index (χ3n) is 4.34. The van der Waals surface area contributed by atoms with Gasteiger partial charge in [-0.15, -0.1) is 0 Å². The topological polar surface area (TPSA) is 73.0 Å². The van der Waals surface area contributed by atoms with Crippen LogP contribution in [0.1, 0.15) is 42.4 Å². The fourth-order valence-electron chi connectivity index (χ4n) is 2.95. The SMILES string of the molecule is Cc1cc(C)n(CC(=O)NCc2cccc(F)c2)c1-c1nc(C(C)C)no1. The number of carbonyl (C=O) groups excluding carboxylic acids is 1. The quantitative estimate of drug-likeness (QED) is 0.717. The number of nitrogens with one attached hydrogen (secondary N) is 1. The Morgan fingerprint density at radius 2 is 2.07 bits per heavy atom. The summed E-state index contributed by atoms with van der Waals surface area (Å²) in [5.74, 6) is 0.690. The van der Waals surface area contributed by atoms with Crippen molar-refractivity contribution in [2.75, 3.05) is 0 Å². The minimum absolute atomic E-state index is 0.115. The Morgan fingerprint density at radius 1 is 1.30 bits per heavy atom. The highest BCUT2D eigenvalue weighted by Crippen LogP contribution is 2.27. The van der Waals surface area contributed by atoms with Crippen LogP contribution in [0.2, 0.25) is 0 Å². The summed E-state index contributed by atoms with van der Waals surface area (Å²) in [4.78, 5) is 16.9. The lowest BCUT2D eigenvalue weighted by Gasteiger charge is -2.11. The van der Waals surface area contributed by atoms with E-state index in [1.165, 1.54) is 12.1 Å². The first-order valence-corrected chi connectivity index (χ1v) is 8.87. The van der Waals surface area contributed by atoms with Crippen molar-refractivity contribution < 1.29 is 13.7 Å². The van der Waals surface area contributed by atoms with Crippen molar-refractivity contribution in [1.29, 1.82) is 0 Å². The summed E-state index contributed by atoms with van der Waals surface area (Å²) >= 11 is 0. The van der Waals surface area contributed by atoms with Crippen LogP contribution in [0.25, 0.3) is 11.6 Å². The van der Waals surface area contributed by atoms with Crippen LogP contribution in [0.15, 0.2) is 34.9 Å². The standard InChI is InChI=1S/C20H23FN4O2/c1-12(2)19-23-20(27-24-19)18-13(3)8-14(4)25(18)11-17(26)22-10-15-6-5-7-16(21)9-15/h5-9,12H,10-11H2,1-4H3,(H,22,26). The van der Waals surface area contributed by atoms with Crippen LogP contribution >= 0.6 is 0 Å². The molecular formula is C20H23FN4O2. The van der Waals surface area contributed by atoms with E-state index in [9.17, 15) is 9.18 Å². The van der Waals surface area contributed by atoms with Crippen LogP contribution in [0.4, 0.5) is 4.39 Å². The molecule has 3 rings (SSSR count). The number of halogens is 1. The molecular weight excluding hydrogens is 347 g/mol. The molecule has 1 amide bonds. The first-order valence-electron chi connectivity index (χ1n) is 8.87. The maximum absolute atomic E-state index is 13.3. The van der Waals surface area contributed by atoms with Crippen LogP contribution < -0.4 is 5.32 Å². The second-order valence-electron chi connectivity index (χ2n) is 6.92. The molecule has 0 atom stereocenters. The average Bonchev–Trinajstić information content (AvgIpc) is 3.18. The summed E-state index contributed by atoms with van der Waals surface area (Å²) < 4.78 is 20.5. The predicted octanol–water partition coefficient (Wildman–Crippen LogP) is 3.73. The van der Waals surface area contributed by atoms with Gasteiger partial charge in [-0.1, -0.05) is 31.1 Å². The van der Waals surface area contributed by atoms with E-state index in [0.29, 0.717) is 17.3 Å². The number of nitrogens with zero attached hydrogens (tertiary/aromatic N) is 3. The number of aromatic nitrogens is 3. The van der Waals surface area contributed by atoms with Crippen LogP contribution in [0, 0.1) is 19.7 Å². The largest absolute Gasteiger partial charge is 0.350 e. The highest BCUT2D eigenvalue weighted by molar-refractivity contribution is 5.77. The van der Waals surface area contributed by atoms with Crippen molar-refractivity contribution in [3.8, 4) is 11.6 Å². The van der Waals surface area contributed by atoms with E-state index in [1.807, 2.05) is 38.3 Å². The summed E-state index contributed by atoms with van der Waals surface area (Å²) in [6, 6.07) is 8.15. The summed E-state index contributed by atoms with van der Waals surface area (Å²) in [7, 11) is 0. The van der Waals surface area contributed by atoms with Crippen LogP contribution in [-0.4, -0.2) is 20.6 Å². The molecule has 0 aliphatic heterocycles. The van der Waals surface area contributed by atoms with Gasteiger partial charge in [0.05, 0.1) is 0 Å². The maximum atomic E-state index is 13.3. The van der Waals surface area contributed by atoms with E-state index in [-0.39, 0.29) is 30.7 Å². The van der Waals surface area contributed by atoms with E-state index in [4.69, 9.17) is 4.52 Å². The van der Waals surface area contributed by atoms with Crippen LogP contribution in [-0.2, 0) is 17.9 Å². The summed E-state index contributed by atoms with van der Waals surface area (Å²) in [5.41, 5.74) is 3.34. The average molecular weight is 370 g/mol. The van der Waals surface area contributed by atoms with E-state index in [0.717, 1.165) is 17.0 Å². The van der Waals surface area contributed by atoms with Crippen molar-refractivity contribution in [2.24, 2.45) is 0 Å². The number of hydrogen-bond donors (Lipinski definition) is 1. The van der Waals surface area contributed by atoms with Crippen molar-refractivity contribution in [3.05, 3.63) is 58.8 Å². The Balaban J connectivity index is 1.77. The lowest BCUT2D eigenvalue weighted by molar-refractivity contribution is -0.121. The van der Waals surface area contributed by atoms with Gasteiger partial charge in [-0.05, 0) is 43.2 Å². The Kier molecular flexibility index (Phi) is 5.39. The number of hydrogen-bond acceptors (Lipinski definition) is 4. The molecule has 7 heteroatoms. The van der Waals surface area contributed by atoms with Crippen LogP contribution in [0.3, 0.4) is 0 Å². The Morgan fingerprint density at radius 3 is 2.74 bits per heavy atom. The number of carbonyl (C=O) groups is 1. The molecule has 1 N–H and O–H groups in total. The van der Waals surface area contributed by atoms with Gasteiger partial charge in [0.25, 0.3) is 5.89 Å². The predicted molar refractivity (Wildman–Crippen MR) is 99.5 cm³/mol. The molecule has 0 spiro atoms. The smallest absolute Gasteiger partial charge is 0.274 e. The van der Waals surface area contributed by atoms with Gasteiger partial charge < -0.3 is 14.4 Å². The molecule has 0 aliphatic carbocycles. The molecule has 0 saturated carbocycles. The van der Waals surface area contributed by atoms with Crippen molar-refractivity contribution >= 4 is 5.91 Å². The number of benzene rings is 1. The van der Waals surface area contributed by atoms with Gasteiger partial charge >= 0.3 is 0 Å². The minimum atomic E-state index is -0.321. The van der Waals surface area contributed by atoms with Crippen molar-refractivity contribution in [3.63, 3.8) is 0 Å². The van der Waals surface area contributed by atoms with E-state index < -0.39 is 0 Å². The third-order valence-corrected chi connectivity index (χ3v) is 4.34. The number of aryl methyl sites for hydroxylation is 2. The minimum Gasteiger partial charge on any atom is -0.350 e. The molecule has 2 heterocycles. The molecule has 1 aromatic carbocycles. The van der Waals surface area contributed by atoms with Gasteiger partial charge in [0.15, 0.2) is 5.82 Å². The lowest BCUT2D eigenvalue weighted by Crippen LogP contribution is -2.27. The number of amides is 1. The molecule has 142 valence electrons. The zero-order valence-electron chi connectivity index (χ0n) is 15.9. The normalized spacial score (nSPS) is 11.2. The molecule has 0 fully saturated rings. The molecule has 6 nitrogen and oxygen atoms in total. The van der Waals surface area contributed by atoms with Gasteiger partial charge in [-0.25, -0.2) is 4.39 Å². The summed E-state index contributed by atoms with van der Waals surface area (Å²) in [5, 5.41) is 6.83. The Bertz CT molecular complexity index is 959. The molecule has 27 heavy (non-hydrogen) atoms. The Labute approximate surface area is 157 Å². The number of rotatable bonds is 6. The second-order valence-corrected chi connectivity index (χ2v) is 6.92. The molecule has 0 radical (unpaired) electrons. The fourth-order valence-corrected chi connectivity index (χ4v) is 2.95. The highest BCUT2D eigenvalue weighted by atomic mass is 19.1. The fraction of sp³-hybridized carbons (Fsp3) is 0.350. The van der Waals surface area contributed by atoms with Crippen LogP contribution in [0.5, 0.6) is 0 Å². The summed E-state index contributed by atoms with van der Waals surface area (Å²) in [6.45, 7) is 8.24. The monoisotopic (exact) mass is 370 g/mol. The molecule has 0 unspecified atom stereocenters. The molecule has 3 aromatic rings. The lowest BCUT2D eigenvalue weighted by atomic mass is 10.2. The van der Waals surface area contributed by atoms with Crippen molar-refractivity contribution in [2.45, 2.75) is 46.7 Å². The highest BCUT2D eigenvalue weighted by Gasteiger charge is 2.20. The van der Waals surface area contributed by atoms with Gasteiger partial charge in [0.1, 0.15) is 18.1 Å². The van der Waals surface area contributed by atoms with Gasteiger partial charge in [0.2, 0.25) is 5.91 Å². The van der Waals surface area contributed by atoms with E-state index >= 15 is 0 Å². The molecule has 0 bridgehead atoms. The van der Waals surface area contributed by atoms with E-state index in [2.05, 4.69) is 15.5 Å². The van der Waals surface area contributed by atoms with Crippen molar-refractivity contribution in [1.82, 2.24) is 20.0 Å². The first kappa shape index (κ1) is 18.8. The van der Waals surface area contributed by atoms with E-state index in [1.54, 1.807) is 12.1 Å². The summed E-state index contributed by atoms with van der Waals surface area (Å²) in [6.07, 6.45) is 0. The second kappa shape index (κ2) is 7.73. The molecule has 0 saturated heterocycles. The zero-order chi connectivity index (χ0) is 19.6. The Hall–Kier alpha value is -2.96. The molecule has 0 aliphatic rings. The maximum Gasteiger partial charge on any atom is 0.274 e.